The van der Waals surface area contributed by atoms with E-state index >= 15 is 0 Å². The van der Waals surface area contributed by atoms with Crippen LogP contribution < -0.4 is 9.80 Å². The summed E-state index contributed by atoms with van der Waals surface area (Å²) in [6.45, 7) is 0.510. The number of rotatable bonds is 7. The number of carbonyl (C=O) groups is 2. The number of alkyl halides is 1. The van der Waals surface area contributed by atoms with E-state index in [1.54, 1.807) is 21.9 Å². The van der Waals surface area contributed by atoms with Crippen LogP contribution in [-0.2, 0) is 14.3 Å². The molecule has 0 bridgehead atoms. The summed E-state index contributed by atoms with van der Waals surface area (Å²) >= 11 is 0. The van der Waals surface area contributed by atoms with Crippen LogP contribution in [0.2, 0.25) is 0 Å². The van der Waals surface area contributed by atoms with Crippen molar-refractivity contribution in [2.24, 2.45) is 5.11 Å². The lowest BCUT2D eigenvalue weighted by Gasteiger charge is -2.35. The number of nitrogens with zero attached hydrogens (tertiary/aromatic N) is 6. The van der Waals surface area contributed by atoms with Crippen LogP contribution in [0.25, 0.3) is 10.4 Å². The zero-order valence-electron chi connectivity index (χ0n) is 15.1. The van der Waals surface area contributed by atoms with Gasteiger partial charge in [-0.15, -0.1) is 0 Å². The zero-order chi connectivity index (χ0) is 20.1. The molecule has 0 saturated carbocycles. The molecule has 0 radical (unpaired) electrons. The molecule has 2 saturated heterocycles. The van der Waals surface area contributed by atoms with Crippen LogP contribution in [0.15, 0.2) is 23.3 Å². The number of aldehydes is 1. The lowest BCUT2D eigenvalue weighted by atomic mass is 10.2. The summed E-state index contributed by atoms with van der Waals surface area (Å²) in [5.74, 6) is -0.783. The first-order valence-corrected chi connectivity index (χ1v) is 8.84. The Labute approximate surface area is 160 Å². The molecule has 0 N–H and O–H groups in total. The van der Waals surface area contributed by atoms with Gasteiger partial charge in [0, 0.05) is 36.8 Å². The summed E-state index contributed by atoms with van der Waals surface area (Å²) in [5, 5.41) is 3.44. The standard InChI is InChI=1S/C17H20F2N6O3/c18-3-4-23-5-6-24(10-16(23)27)15-2-1-12(7-14(15)19)25-9-13(8-21-22-20)28-17(25)11-26/h1-2,7,11,13,17H,3-6,8-10H2/t13-,17?/m0/s1. The highest BCUT2D eigenvalue weighted by molar-refractivity contribution is 5.83. The molecule has 3 rings (SSSR count). The summed E-state index contributed by atoms with van der Waals surface area (Å²) in [7, 11) is 0. The fraction of sp³-hybridized carbons (Fsp3) is 0.529. The average Bonchev–Trinajstić information content (AvgIpc) is 3.11. The lowest BCUT2D eigenvalue weighted by Crippen LogP contribution is -2.51. The Morgan fingerprint density at radius 1 is 1.39 bits per heavy atom. The van der Waals surface area contributed by atoms with Crippen molar-refractivity contribution in [2.75, 3.05) is 55.7 Å². The van der Waals surface area contributed by atoms with Crippen molar-refractivity contribution in [3.63, 3.8) is 0 Å². The fourth-order valence-electron chi connectivity index (χ4n) is 3.41. The second-order valence-electron chi connectivity index (χ2n) is 6.48. The highest BCUT2D eigenvalue weighted by atomic mass is 19.1. The number of piperazine rings is 1. The second kappa shape index (κ2) is 8.85. The van der Waals surface area contributed by atoms with E-state index in [0.717, 1.165) is 0 Å². The molecule has 1 aromatic rings. The smallest absolute Gasteiger partial charge is 0.242 e. The summed E-state index contributed by atoms with van der Waals surface area (Å²) < 4.78 is 32.7. The van der Waals surface area contributed by atoms with Crippen molar-refractivity contribution in [1.82, 2.24) is 4.90 Å². The first-order valence-electron chi connectivity index (χ1n) is 8.84. The van der Waals surface area contributed by atoms with Crippen LogP contribution >= 0.6 is 0 Å². The molecule has 2 atom stereocenters. The van der Waals surface area contributed by atoms with E-state index in [1.807, 2.05) is 0 Å². The first kappa shape index (κ1) is 19.8. The third kappa shape index (κ3) is 4.15. The van der Waals surface area contributed by atoms with Gasteiger partial charge in [0.05, 0.1) is 24.9 Å². The number of azide groups is 1. The molecular formula is C17H20F2N6O3. The molecule has 1 unspecified atom stereocenters. The third-order valence-corrected chi connectivity index (χ3v) is 4.78. The zero-order valence-corrected chi connectivity index (χ0v) is 15.1. The van der Waals surface area contributed by atoms with Crippen LogP contribution in [0.5, 0.6) is 0 Å². The molecule has 0 aliphatic carbocycles. The van der Waals surface area contributed by atoms with Gasteiger partial charge in [-0.3, -0.25) is 9.59 Å². The molecular weight excluding hydrogens is 374 g/mol. The predicted molar refractivity (Wildman–Crippen MR) is 97.3 cm³/mol. The Morgan fingerprint density at radius 2 is 2.21 bits per heavy atom. The topological polar surface area (TPSA) is 102 Å². The number of carbonyl (C=O) groups excluding carboxylic acids is 2. The summed E-state index contributed by atoms with van der Waals surface area (Å²) in [6.07, 6.45) is -0.755. The Morgan fingerprint density at radius 3 is 2.86 bits per heavy atom. The van der Waals surface area contributed by atoms with Gasteiger partial charge in [-0.05, 0) is 23.7 Å². The first-order chi connectivity index (χ1) is 13.6. The van der Waals surface area contributed by atoms with Crippen LogP contribution in [0.3, 0.4) is 0 Å². The normalized spacial score (nSPS) is 22.4. The SMILES string of the molecule is [N-]=[N+]=NC[C@H]1CN(c2ccc(N3CCN(CCF)C(=O)C3)c(F)c2)C(C=O)O1. The highest BCUT2D eigenvalue weighted by Gasteiger charge is 2.33. The van der Waals surface area contributed by atoms with Crippen molar-refractivity contribution in [2.45, 2.75) is 12.3 Å². The van der Waals surface area contributed by atoms with Crippen molar-refractivity contribution in [1.29, 1.82) is 0 Å². The summed E-state index contributed by atoms with van der Waals surface area (Å²) in [4.78, 5) is 30.6. The van der Waals surface area contributed by atoms with Crippen molar-refractivity contribution in [3.8, 4) is 0 Å². The van der Waals surface area contributed by atoms with Gasteiger partial charge in [-0.2, -0.15) is 0 Å². The number of amides is 1. The second-order valence-corrected chi connectivity index (χ2v) is 6.48. The number of anilines is 2. The highest BCUT2D eigenvalue weighted by Crippen LogP contribution is 2.29. The fourth-order valence-corrected chi connectivity index (χ4v) is 3.41. The molecule has 0 spiro atoms. The number of hydrogen-bond acceptors (Lipinski definition) is 6. The average molecular weight is 394 g/mol. The maximum Gasteiger partial charge on any atom is 0.242 e. The van der Waals surface area contributed by atoms with E-state index in [9.17, 15) is 18.4 Å². The molecule has 2 aliphatic heterocycles. The van der Waals surface area contributed by atoms with E-state index < -0.39 is 24.8 Å². The monoisotopic (exact) mass is 394 g/mol. The maximum atomic E-state index is 14.7. The van der Waals surface area contributed by atoms with Gasteiger partial charge in [0.15, 0.2) is 12.5 Å². The number of benzene rings is 1. The van der Waals surface area contributed by atoms with Gasteiger partial charge in [0.1, 0.15) is 12.5 Å². The minimum absolute atomic E-state index is 0.0196. The van der Waals surface area contributed by atoms with Crippen molar-refractivity contribution < 1.29 is 23.1 Å². The van der Waals surface area contributed by atoms with Gasteiger partial charge < -0.3 is 19.4 Å². The molecule has 2 aliphatic rings. The van der Waals surface area contributed by atoms with Crippen LogP contribution in [0.1, 0.15) is 0 Å². The molecule has 28 heavy (non-hydrogen) atoms. The van der Waals surface area contributed by atoms with Crippen LogP contribution in [0, 0.1) is 5.82 Å². The number of hydrogen-bond donors (Lipinski definition) is 0. The minimum Gasteiger partial charge on any atom is -0.358 e. The molecule has 2 fully saturated rings. The summed E-state index contributed by atoms with van der Waals surface area (Å²) in [5.41, 5.74) is 9.13. The molecule has 1 aromatic carbocycles. The van der Waals surface area contributed by atoms with E-state index in [-0.39, 0.29) is 37.8 Å². The predicted octanol–water partition coefficient (Wildman–Crippen LogP) is 1.48. The molecule has 0 aromatic heterocycles. The van der Waals surface area contributed by atoms with E-state index in [1.165, 1.54) is 11.0 Å². The van der Waals surface area contributed by atoms with Gasteiger partial charge in [0.25, 0.3) is 0 Å². The Balaban J connectivity index is 1.73. The quantitative estimate of drug-likeness (QED) is 0.302. The Kier molecular flexibility index (Phi) is 6.27. The molecule has 1 amide bonds. The van der Waals surface area contributed by atoms with Gasteiger partial charge in [-0.25, -0.2) is 8.78 Å². The van der Waals surface area contributed by atoms with Crippen molar-refractivity contribution >= 4 is 23.6 Å². The van der Waals surface area contributed by atoms with Crippen molar-refractivity contribution in [3.05, 3.63) is 34.5 Å². The molecule has 11 heteroatoms. The lowest BCUT2D eigenvalue weighted by molar-refractivity contribution is -0.131. The maximum absolute atomic E-state index is 14.7. The molecule has 9 nitrogen and oxygen atoms in total. The largest absolute Gasteiger partial charge is 0.358 e. The molecule has 150 valence electrons. The third-order valence-electron chi connectivity index (χ3n) is 4.78. The van der Waals surface area contributed by atoms with E-state index in [0.29, 0.717) is 25.1 Å². The minimum atomic E-state index is -0.894. The van der Waals surface area contributed by atoms with Crippen LogP contribution in [0.4, 0.5) is 20.2 Å². The van der Waals surface area contributed by atoms with Gasteiger partial charge in [0.2, 0.25) is 5.91 Å². The Hall–Kier alpha value is -2.91. The van der Waals surface area contributed by atoms with E-state index in [4.69, 9.17) is 10.3 Å². The number of ether oxygens (including phenoxy) is 1. The molecule has 2 heterocycles. The van der Waals surface area contributed by atoms with Gasteiger partial charge >= 0.3 is 0 Å². The van der Waals surface area contributed by atoms with Gasteiger partial charge in [-0.1, -0.05) is 5.11 Å². The van der Waals surface area contributed by atoms with E-state index in [2.05, 4.69) is 10.0 Å². The number of halogens is 2. The van der Waals surface area contributed by atoms with Crippen LogP contribution in [-0.4, -0.2) is 75.4 Å². The summed E-state index contributed by atoms with van der Waals surface area (Å²) in [6, 6.07) is 4.47. The Bertz CT molecular complexity index is 788.